The fourth-order valence-electron chi connectivity index (χ4n) is 1.73. The van der Waals surface area contributed by atoms with E-state index < -0.39 is 0 Å². The van der Waals surface area contributed by atoms with Gasteiger partial charge in [-0.1, -0.05) is 17.7 Å². The summed E-state index contributed by atoms with van der Waals surface area (Å²) in [7, 11) is 0. The average Bonchev–Trinajstić information content (AvgIpc) is 2.25. The minimum atomic E-state index is -0.346. The number of hydrogen-bond acceptors (Lipinski definition) is 0. The largest absolute Gasteiger partial charge is 0.207 e. The molecule has 0 nitrogen and oxygen atoms in total. The van der Waals surface area contributed by atoms with E-state index in [2.05, 4.69) is 0 Å². The van der Waals surface area contributed by atoms with Gasteiger partial charge >= 0.3 is 0 Å². The average molecular weight is 218 g/mol. The first-order chi connectivity index (χ1) is 7.58. The van der Waals surface area contributed by atoms with Crippen LogP contribution in [0.25, 0.3) is 11.1 Å². The van der Waals surface area contributed by atoms with E-state index in [1.807, 2.05) is 13.8 Å². The maximum Gasteiger partial charge on any atom is 0.131 e. The topological polar surface area (TPSA) is 0 Å². The zero-order valence-electron chi connectivity index (χ0n) is 9.22. The van der Waals surface area contributed by atoms with Crippen LogP contribution >= 0.6 is 0 Å². The van der Waals surface area contributed by atoms with Crippen LogP contribution in [0, 0.1) is 25.5 Å². The molecule has 0 aliphatic rings. The molecule has 0 spiro atoms. The molecule has 0 bridgehead atoms. The molecule has 0 aliphatic carbocycles. The van der Waals surface area contributed by atoms with Gasteiger partial charge in [-0.25, -0.2) is 8.78 Å². The van der Waals surface area contributed by atoms with E-state index in [9.17, 15) is 8.78 Å². The van der Waals surface area contributed by atoms with Crippen molar-refractivity contribution in [3.63, 3.8) is 0 Å². The van der Waals surface area contributed by atoms with Crippen LogP contribution < -0.4 is 0 Å². The zero-order chi connectivity index (χ0) is 11.7. The van der Waals surface area contributed by atoms with Gasteiger partial charge in [0.25, 0.3) is 0 Å². The quantitative estimate of drug-likeness (QED) is 0.671. The lowest BCUT2D eigenvalue weighted by Gasteiger charge is -2.08. The Morgan fingerprint density at radius 2 is 1.56 bits per heavy atom. The molecule has 2 heteroatoms. The van der Waals surface area contributed by atoms with Crippen LogP contribution in [0.3, 0.4) is 0 Å². The molecule has 0 radical (unpaired) electrons. The number of rotatable bonds is 1. The van der Waals surface area contributed by atoms with Crippen molar-refractivity contribution < 1.29 is 8.78 Å². The summed E-state index contributed by atoms with van der Waals surface area (Å²) in [4.78, 5) is 0. The summed E-state index contributed by atoms with van der Waals surface area (Å²) < 4.78 is 26.8. The molecule has 0 aromatic heterocycles. The lowest BCUT2D eigenvalue weighted by molar-refractivity contribution is 0.624. The van der Waals surface area contributed by atoms with Gasteiger partial charge in [0.05, 0.1) is 0 Å². The second-order valence-corrected chi connectivity index (χ2v) is 3.94. The molecule has 0 unspecified atom stereocenters. The summed E-state index contributed by atoms with van der Waals surface area (Å²) in [5, 5.41) is 0. The summed E-state index contributed by atoms with van der Waals surface area (Å²) in [6, 6.07) is 9.26. The Kier molecular flexibility index (Phi) is 2.73. The van der Waals surface area contributed by atoms with Crippen LogP contribution in [0.1, 0.15) is 11.1 Å². The third-order valence-electron chi connectivity index (χ3n) is 2.61. The minimum absolute atomic E-state index is 0.320. The Labute approximate surface area is 93.5 Å². The normalized spacial score (nSPS) is 10.5. The number of hydrogen-bond donors (Lipinski definition) is 0. The van der Waals surface area contributed by atoms with Crippen molar-refractivity contribution in [1.82, 2.24) is 0 Å². The highest BCUT2D eigenvalue weighted by atomic mass is 19.1. The molecule has 0 heterocycles. The summed E-state index contributed by atoms with van der Waals surface area (Å²) in [5.41, 5.74) is 2.89. The Balaban J connectivity index is 2.66. The SMILES string of the molecule is Cc1ccc(F)c(-c2cc(F)ccc2C)c1. The molecule has 0 aliphatic heterocycles. The third kappa shape index (κ3) is 1.96. The minimum Gasteiger partial charge on any atom is -0.207 e. The van der Waals surface area contributed by atoms with Gasteiger partial charge in [-0.05, 0) is 49.2 Å². The third-order valence-corrected chi connectivity index (χ3v) is 2.61. The van der Waals surface area contributed by atoms with Crippen LogP contribution in [0.5, 0.6) is 0 Å². The highest BCUT2D eigenvalue weighted by Gasteiger charge is 2.08. The summed E-state index contributed by atoms with van der Waals surface area (Å²) in [6.45, 7) is 3.73. The Morgan fingerprint density at radius 3 is 2.31 bits per heavy atom. The van der Waals surface area contributed by atoms with Gasteiger partial charge in [-0.15, -0.1) is 0 Å². The van der Waals surface area contributed by atoms with Crippen LogP contribution in [0.2, 0.25) is 0 Å². The van der Waals surface area contributed by atoms with Crippen LogP contribution in [-0.4, -0.2) is 0 Å². The molecule has 0 saturated carbocycles. The van der Waals surface area contributed by atoms with Crippen LogP contribution in [-0.2, 0) is 0 Å². The van der Waals surface area contributed by atoms with Crippen molar-refractivity contribution >= 4 is 0 Å². The Morgan fingerprint density at radius 1 is 0.812 bits per heavy atom. The van der Waals surface area contributed by atoms with Crippen molar-refractivity contribution in [2.45, 2.75) is 13.8 Å². The van der Waals surface area contributed by atoms with E-state index in [-0.39, 0.29) is 11.6 Å². The lowest BCUT2D eigenvalue weighted by Crippen LogP contribution is -1.90. The van der Waals surface area contributed by atoms with Crippen LogP contribution in [0.4, 0.5) is 8.78 Å². The van der Waals surface area contributed by atoms with E-state index in [0.717, 1.165) is 11.1 Å². The molecule has 0 N–H and O–H groups in total. The first-order valence-electron chi connectivity index (χ1n) is 5.10. The smallest absolute Gasteiger partial charge is 0.131 e. The lowest BCUT2D eigenvalue weighted by atomic mass is 9.98. The van der Waals surface area contributed by atoms with Gasteiger partial charge in [0.2, 0.25) is 0 Å². The summed E-state index contributed by atoms with van der Waals surface area (Å²) in [5.74, 6) is -0.666. The maximum atomic E-state index is 13.6. The molecule has 0 atom stereocenters. The first-order valence-corrected chi connectivity index (χ1v) is 5.10. The van der Waals surface area contributed by atoms with Crippen molar-refractivity contribution in [2.75, 3.05) is 0 Å². The molecule has 0 saturated heterocycles. The molecule has 2 aromatic carbocycles. The molecule has 0 fully saturated rings. The fourth-order valence-corrected chi connectivity index (χ4v) is 1.73. The Hall–Kier alpha value is -1.70. The van der Waals surface area contributed by atoms with Gasteiger partial charge < -0.3 is 0 Å². The monoisotopic (exact) mass is 218 g/mol. The van der Waals surface area contributed by atoms with E-state index in [1.54, 1.807) is 18.2 Å². The molecular formula is C14H12F2. The number of benzene rings is 2. The second-order valence-electron chi connectivity index (χ2n) is 3.94. The predicted octanol–water partition coefficient (Wildman–Crippen LogP) is 4.25. The van der Waals surface area contributed by atoms with Gasteiger partial charge in [0.1, 0.15) is 11.6 Å². The van der Waals surface area contributed by atoms with Crippen molar-refractivity contribution in [1.29, 1.82) is 0 Å². The van der Waals surface area contributed by atoms with Crippen molar-refractivity contribution in [3.8, 4) is 11.1 Å². The molecule has 2 rings (SSSR count). The molecule has 16 heavy (non-hydrogen) atoms. The fraction of sp³-hybridized carbons (Fsp3) is 0.143. The van der Waals surface area contributed by atoms with Gasteiger partial charge in [-0.2, -0.15) is 0 Å². The number of halogens is 2. The van der Waals surface area contributed by atoms with Gasteiger partial charge in [0.15, 0.2) is 0 Å². The molecular weight excluding hydrogens is 206 g/mol. The van der Waals surface area contributed by atoms with E-state index in [1.165, 1.54) is 18.2 Å². The zero-order valence-corrected chi connectivity index (χ0v) is 9.22. The van der Waals surface area contributed by atoms with E-state index in [4.69, 9.17) is 0 Å². The van der Waals surface area contributed by atoms with Crippen LogP contribution in [0.15, 0.2) is 36.4 Å². The second kappa shape index (κ2) is 4.05. The molecule has 2 aromatic rings. The van der Waals surface area contributed by atoms with Gasteiger partial charge in [-0.3, -0.25) is 0 Å². The summed E-state index contributed by atoms with van der Waals surface area (Å²) >= 11 is 0. The first kappa shape index (κ1) is 10.8. The highest BCUT2D eigenvalue weighted by molar-refractivity contribution is 5.68. The Bertz CT molecular complexity index is 481. The van der Waals surface area contributed by atoms with E-state index >= 15 is 0 Å². The molecule has 0 amide bonds. The van der Waals surface area contributed by atoms with Gasteiger partial charge in [0, 0.05) is 5.56 Å². The predicted molar refractivity (Wildman–Crippen MR) is 61.3 cm³/mol. The van der Waals surface area contributed by atoms with E-state index in [0.29, 0.717) is 11.1 Å². The van der Waals surface area contributed by atoms with Crippen molar-refractivity contribution in [2.24, 2.45) is 0 Å². The molecule has 82 valence electrons. The standard InChI is InChI=1S/C14H12F2/c1-9-3-6-14(16)13(7-9)12-8-11(15)5-4-10(12)2/h3-8H,1-2H3. The number of aryl methyl sites for hydroxylation is 2. The highest BCUT2D eigenvalue weighted by Crippen LogP contribution is 2.27. The summed E-state index contributed by atoms with van der Waals surface area (Å²) in [6.07, 6.45) is 0. The maximum absolute atomic E-state index is 13.6. The van der Waals surface area contributed by atoms with Crippen molar-refractivity contribution in [3.05, 3.63) is 59.2 Å².